The fourth-order valence-corrected chi connectivity index (χ4v) is 0.967. The van der Waals surface area contributed by atoms with Crippen molar-refractivity contribution >= 4 is 23.8 Å². The smallest absolute Gasteiger partial charge is 0.248 e. The Balaban J connectivity index is 2.52. The molecule has 0 fully saturated rings. The van der Waals surface area contributed by atoms with Crippen LogP contribution in [0.4, 0.5) is 0 Å². The summed E-state index contributed by atoms with van der Waals surface area (Å²) in [4.78, 5) is 24.3. The predicted molar refractivity (Wildman–Crippen MR) is 56.4 cm³/mol. The molecule has 1 aromatic rings. The van der Waals surface area contributed by atoms with Gasteiger partial charge < -0.3 is 10.1 Å². The minimum absolute atomic E-state index is 0.260. The fraction of sp³-hybridized carbons (Fsp3) is 0.300. The molecule has 1 aromatic heterocycles. The van der Waals surface area contributed by atoms with E-state index >= 15 is 0 Å². The molecule has 1 unspecified atom stereocenters. The summed E-state index contributed by atoms with van der Waals surface area (Å²) in [5.74, 6) is -0.523. The Morgan fingerprint density at radius 1 is 1.67 bits per heavy atom. The zero-order chi connectivity index (χ0) is 11.3. The summed E-state index contributed by atoms with van der Waals surface area (Å²) >= 11 is 5.64. The number of nitrogens with one attached hydrogen (secondary N) is 1. The van der Waals surface area contributed by atoms with Crippen LogP contribution in [0, 0.1) is 0 Å². The van der Waals surface area contributed by atoms with Gasteiger partial charge in [0.05, 0.1) is 12.2 Å². The number of aromatic nitrogens is 1. The zero-order valence-electron chi connectivity index (χ0n) is 8.24. The van der Waals surface area contributed by atoms with Crippen LogP contribution in [0.15, 0.2) is 24.4 Å². The van der Waals surface area contributed by atoms with E-state index in [-0.39, 0.29) is 6.54 Å². The molecular weight excluding hydrogens is 216 g/mol. The number of rotatable bonds is 4. The van der Waals surface area contributed by atoms with Crippen molar-refractivity contribution in [2.75, 3.05) is 0 Å². The molecule has 1 rings (SSSR count). The SMILES string of the molecule is CC(Cl)(C=O)C(=O)NCc1ccccn1. The minimum atomic E-state index is -1.51. The van der Waals surface area contributed by atoms with Gasteiger partial charge in [-0.05, 0) is 19.1 Å². The molecule has 0 radical (unpaired) electrons. The largest absolute Gasteiger partial charge is 0.349 e. The van der Waals surface area contributed by atoms with E-state index in [0.717, 1.165) is 0 Å². The Hall–Kier alpha value is -1.42. The molecule has 15 heavy (non-hydrogen) atoms. The van der Waals surface area contributed by atoms with Gasteiger partial charge in [0.1, 0.15) is 6.29 Å². The second-order valence-corrected chi connectivity index (χ2v) is 3.98. The monoisotopic (exact) mass is 226 g/mol. The van der Waals surface area contributed by atoms with Crippen LogP contribution in [-0.4, -0.2) is 22.1 Å². The molecule has 1 atom stereocenters. The predicted octanol–water partition coefficient (Wildman–Crippen LogP) is 0.894. The molecule has 0 aliphatic heterocycles. The number of alkyl halides is 1. The zero-order valence-corrected chi connectivity index (χ0v) is 8.99. The number of amides is 1. The molecule has 0 spiro atoms. The summed E-state index contributed by atoms with van der Waals surface area (Å²) in [6.45, 7) is 1.60. The molecule has 0 saturated carbocycles. The van der Waals surface area contributed by atoms with Gasteiger partial charge in [0.25, 0.3) is 0 Å². The van der Waals surface area contributed by atoms with Crippen molar-refractivity contribution in [1.29, 1.82) is 0 Å². The Bertz CT molecular complexity index is 352. The number of nitrogens with zero attached hydrogens (tertiary/aromatic N) is 1. The Labute approximate surface area is 92.7 Å². The van der Waals surface area contributed by atoms with E-state index in [4.69, 9.17) is 11.6 Å². The molecule has 0 aromatic carbocycles. The highest BCUT2D eigenvalue weighted by Crippen LogP contribution is 2.10. The average molecular weight is 227 g/mol. The van der Waals surface area contributed by atoms with Crippen molar-refractivity contribution < 1.29 is 9.59 Å². The van der Waals surface area contributed by atoms with Gasteiger partial charge in [-0.25, -0.2) is 0 Å². The first-order valence-corrected chi connectivity index (χ1v) is 4.77. The lowest BCUT2D eigenvalue weighted by atomic mass is 10.2. The van der Waals surface area contributed by atoms with Crippen LogP contribution in [-0.2, 0) is 16.1 Å². The molecule has 0 aliphatic rings. The highest BCUT2D eigenvalue weighted by Gasteiger charge is 2.29. The third kappa shape index (κ3) is 3.32. The first kappa shape index (κ1) is 11.7. The first-order chi connectivity index (χ1) is 7.06. The second-order valence-electron chi connectivity index (χ2n) is 3.20. The highest BCUT2D eigenvalue weighted by atomic mass is 35.5. The van der Waals surface area contributed by atoms with Crippen LogP contribution in [0.2, 0.25) is 0 Å². The van der Waals surface area contributed by atoms with E-state index in [0.29, 0.717) is 12.0 Å². The number of carbonyl (C=O) groups excluding carboxylic acids is 2. The van der Waals surface area contributed by atoms with E-state index in [9.17, 15) is 9.59 Å². The van der Waals surface area contributed by atoms with E-state index in [2.05, 4.69) is 10.3 Å². The first-order valence-electron chi connectivity index (χ1n) is 4.40. The van der Waals surface area contributed by atoms with Crippen molar-refractivity contribution in [3.8, 4) is 0 Å². The van der Waals surface area contributed by atoms with Crippen LogP contribution in [0.3, 0.4) is 0 Å². The lowest BCUT2D eigenvalue weighted by Gasteiger charge is -2.13. The van der Waals surface area contributed by atoms with Gasteiger partial charge >= 0.3 is 0 Å². The van der Waals surface area contributed by atoms with Gasteiger partial charge in [0.2, 0.25) is 5.91 Å². The third-order valence-electron chi connectivity index (χ3n) is 1.82. The van der Waals surface area contributed by atoms with Gasteiger partial charge in [-0.1, -0.05) is 6.07 Å². The van der Waals surface area contributed by atoms with Crippen LogP contribution in [0.1, 0.15) is 12.6 Å². The van der Waals surface area contributed by atoms with Crippen molar-refractivity contribution in [3.05, 3.63) is 30.1 Å². The van der Waals surface area contributed by atoms with Crippen LogP contribution in [0.5, 0.6) is 0 Å². The normalized spacial score (nSPS) is 14.0. The van der Waals surface area contributed by atoms with Gasteiger partial charge in [0.15, 0.2) is 4.87 Å². The molecule has 0 saturated heterocycles. The minimum Gasteiger partial charge on any atom is -0.349 e. The Morgan fingerprint density at radius 3 is 2.93 bits per heavy atom. The molecule has 1 heterocycles. The Morgan fingerprint density at radius 2 is 2.40 bits per heavy atom. The summed E-state index contributed by atoms with van der Waals surface area (Å²) in [6.07, 6.45) is 2.03. The van der Waals surface area contributed by atoms with E-state index in [1.165, 1.54) is 6.92 Å². The molecule has 0 aliphatic carbocycles. The number of aldehydes is 1. The van der Waals surface area contributed by atoms with Crippen LogP contribution in [0.25, 0.3) is 0 Å². The van der Waals surface area contributed by atoms with Gasteiger partial charge in [-0.3, -0.25) is 9.78 Å². The number of carbonyl (C=O) groups is 2. The maximum Gasteiger partial charge on any atom is 0.248 e. The summed E-state index contributed by atoms with van der Waals surface area (Å²) < 4.78 is 0. The van der Waals surface area contributed by atoms with Crippen molar-refractivity contribution in [2.24, 2.45) is 0 Å². The lowest BCUT2D eigenvalue weighted by molar-refractivity contribution is -0.127. The number of halogens is 1. The highest BCUT2D eigenvalue weighted by molar-refractivity contribution is 6.42. The molecule has 1 amide bonds. The summed E-state index contributed by atoms with van der Waals surface area (Å²) in [7, 11) is 0. The van der Waals surface area contributed by atoms with Crippen LogP contribution >= 0.6 is 11.6 Å². The van der Waals surface area contributed by atoms with Crippen LogP contribution < -0.4 is 5.32 Å². The number of hydrogen-bond acceptors (Lipinski definition) is 3. The van der Waals surface area contributed by atoms with Crippen molar-refractivity contribution in [3.63, 3.8) is 0 Å². The molecule has 0 bridgehead atoms. The molecule has 1 N–H and O–H groups in total. The van der Waals surface area contributed by atoms with E-state index < -0.39 is 10.8 Å². The maximum atomic E-state index is 11.4. The maximum absolute atomic E-state index is 11.4. The summed E-state index contributed by atoms with van der Waals surface area (Å²) in [5.41, 5.74) is 0.712. The topological polar surface area (TPSA) is 59.1 Å². The Kier molecular flexibility index (Phi) is 3.80. The van der Waals surface area contributed by atoms with E-state index in [1.807, 2.05) is 6.07 Å². The number of pyridine rings is 1. The third-order valence-corrected chi connectivity index (χ3v) is 2.08. The lowest BCUT2D eigenvalue weighted by Crippen LogP contribution is -2.41. The molecule has 80 valence electrons. The van der Waals surface area contributed by atoms with Crippen molar-refractivity contribution in [1.82, 2.24) is 10.3 Å². The van der Waals surface area contributed by atoms with E-state index in [1.54, 1.807) is 18.3 Å². The average Bonchev–Trinajstić information content (AvgIpc) is 2.27. The van der Waals surface area contributed by atoms with Gasteiger partial charge in [-0.15, -0.1) is 11.6 Å². The standard InChI is InChI=1S/C10H11ClN2O2/c1-10(11,7-14)9(15)13-6-8-4-2-3-5-12-8/h2-5,7H,6H2,1H3,(H,13,15). The molecule has 5 heteroatoms. The number of hydrogen-bond donors (Lipinski definition) is 1. The van der Waals surface area contributed by atoms with Gasteiger partial charge in [0, 0.05) is 6.20 Å². The summed E-state index contributed by atoms with van der Waals surface area (Å²) in [5, 5.41) is 2.53. The second kappa shape index (κ2) is 4.89. The fourth-order valence-electron chi connectivity index (χ4n) is 0.900. The van der Waals surface area contributed by atoms with Gasteiger partial charge in [-0.2, -0.15) is 0 Å². The summed E-state index contributed by atoms with van der Waals surface area (Å²) in [6, 6.07) is 5.36. The molecule has 4 nitrogen and oxygen atoms in total. The van der Waals surface area contributed by atoms with Crippen molar-refractivity contribution in [2.45, 2.75) is 18.3 Å². The quantitative estimate of drug-likeness (QED) is 0.471. The molecular formula is C10H11ClN2O2.